The minimum absolute atomic E-state index is 0.0457. The summed E-state index contributed by atoms with van der Waals surface area (Å²) in [5, 5.41) is 9.39. The molecule has 1 saturated heterocycles. The number of nitrogens with zero attached hydrogens (tertiary/aromatic N) is 2. The monoisotopic (exact) mass is 573 g/mol. The van der Waals surface area contributed by atoms with Gasteiger partial charge in [-0.05, 0) is 112 Å². The molecular formula is C30H43N3O6S. The molecule has 2 amide bonds. The molecule has 5 aliphatic carbocycles. The van der Waals surface area contributed by atoms with E-state index in [2.05, 4.69) is 4.90 Å². The lowest BCUT2D eigenvalue weighted by Crippen LogP contribution is -2.58. The third kappa shape index (κ3) is 5.04. The normalized spacial score (nSPS) is 31.1. The van der Waals surface area contributed by atoms with Gasteiger partial charge in [0.05, 0.1) is 11.5 Å². The average molecular weight is 574 g/mol. The zero-order valence-electron chi connectivity index (χ0n) is 23.5. The lowest BCUT2D eigenvalue weighted by molar-refractivity contribution is -0.147. The van der Waals surface area contributed by atoms with Crippen molar-refractivity contribution in [3.05, 3.63) is 24.3 Å². The fraction of sp³-hybridized carbons (Fsp3) is 0.733. The van der Waals surface area contributed by atoms with Gasteiger partial charge >= 0.3 is 0 Å². The maximum absolute atomic E-state index is 13.7. The van der Waals surface area contributed by atoms with Gasteiger partial charge in [0.25, 0.3) is 5.91 Å². The van der Waals surface area contributed by atoms with Gasteiger partial charge in [0, 0.05) is 38.6 Å². The third-order valence-electron chi connectivity index (χ3n) is 10.6. The Hall–Kier alpha value is -2.17. The van der Waals surface area contributed by atoms with Crippen LogP contribution in [0.15, 0.2) is 29.2 Å². The number of hydrogen-bond donors (Lipinski definition) is 2. The minimum Gasteiger partial charge on any atom is -0.494 e. The SMILES string of the molecule is CN(CCCOc1ccc(S(=O)(=O)C2(C(=O)NO)CCN(C3CC3)CC2)cc1)C(=O)C1C2CC3CC(C2)CC1C3. The van der Waals surface area contributed by atoms with E-state index in [4.69, 9.17) is 4.74 Å². The van der Waals surface area contributed by atoms with Gasteiger partial charge in [-0.1, -0.05) is 0 Å². The van der Waals surface area contributed by atoms with Crippen molar-refractivity contribution >= 4 is 21.7 Å². The summed E-state index contributed by atoms with van der Waals surface area (Å²) in [6.45, 7) is 2.07. The first kappa shape index (κ1) is 28.0. The Kier molecular flexibility index (Phi) is 7.63. The molecule has 5 saturated carbocycles. The molecule has 6 aliphatic rings. The maximum atomic E-state index is 13.7. The topological polar surface area (TPSA) is 116 Å². The van der Waals surface area contributed by atoms with Crippen LogP contribution >= 0.6 is 0 Å². The van der Waals surface area contributed by atoms with Crippen LogP contribution in [0.3, 0.4) is 0 Å². The number of likely N-dealkylation sites (tertiary alicyclic amines) is 1. The standard InChI is InChI=1S/C30H43N3O6S/c1-32(28(34)27-22-16-20-15-21(18-22)19-23(27)17-20)11-2-14-39-25-5-7-26(8-6-25)40(37,38)30(29(35)31-36)9-12-33(13-10-30)24-3-4-24/h5-8,20-24,27,36H,2-4,9-19H2,1H3,(H,31,35). The van der Waals surface area contributed by atoms with Gasteiger partial charge in [-0.25, -0.2) is 13.9 Å². The summed E-state index contributed by atoms with van der Waals surface area (Å²) in [5.74, 6) is 3.02. The summed E-state index contributed by atoms with van der Waals surface area (Å²) in [6, 6.07) is 6.67. The van der Waals surface area contributed by atoms with Crippen molar-refractivity contribution in [2.24, 2.45) is 29.6 Å². The van der Waals surface area contributed by atoms with Crippen LogP contribution in [-0.4, -0.2) is 79.3 Å². The van der Waals surface area contributed by atoms with Gasteiger partial charge in [-0.2, -0.15) is 0 Å². The summed E-state index contributed by atoms with van der Waals surface area (Å²) in [4.78, 5) is 30.2. The molecule has 0 unspecified atom stereocenters. The second-order valence-corrected chi connectivity index (χ2v) is 15.4. The van der Waals surface area contributed by atoms with E-state index >= 15 is 0 Å². The molecule has 0 radical (unpaired) electrons. The number of amides is 2. The Labute approximate surface area is 237 Å². The van der Waals surface area contributed by atoms with Crippen LogP contribution in [0.1, 0.15) is 64.2 Å². The number of carbonyl (C=O) groups excluding carboxylic acids is 2. The van der Waals surface area contributed by atoms with Crippen molar-refractivity contribution in [1.29, 1.82) is 0 Å². The summed E-state index contributed by atoms with van der Waals surface area (Å²) in [7, 11) is -2.14. The second kappa shape index (κ2) is 10.9. The molecule has 0 atom stereocenters. The lowest BCUT2D eigenvalue weighted by Gasteiger charge is -2.54. The average Bonchev–Trinajstić information content (AvgIpc) is 3.80. The first-order valence-electron chi connectivity index (χ1n) is 15.1. The zero-order valence-corrected chi connectivity index (χ0v) is 24.3. The van der Waals surface area contributed by atoms with E-state index in [0.29, 0.717) is 62.2 Å². The van der Waals surface area contributed by atoms with E-state index in [1.807, 2.05) is 11.9 Å². The quantitative estimate of drug-likeness (QED) is 0.251. The van der Waals surface area contributed by atoms with Gasteiger partial charge in [0.1, 0.15) is 5.75 Å². The summed E-state index contributed by atoms with van der Waals surface area (Å²) < 4.78 is 31.5. The molecular weight excluding hydrogens is 530 g/mol. The molecule has 7 rings (SSSR count). The van der Waals surface area contributed by atoms with Crippen molar-refractivity contribution in [2.45, 2.75) is 79.9 Å². The number of hydroxylamine groups is 1. The van der Waals surface area contributed by atoms with Gasteiger partial charge in [-0.3, -0.25) is 14.8 Å². The van der Waals surface area contributed by atoms with Crippen molar-refractivity contribution in [2.75, 3.05) is 33.3 Å². The molecule has 0 aromatic heterocycles. The van der Waals surface area contributed by atoms with Gasteiger partial charge in [0.15, 0.2) is 14.6 Å². The smallest absolute Gasteiger partial charge is 0.265 e. The Morgan fingerprint density at radius 3 is 2.17 bits per heavy atom. The van der Waals surface area contributed by atoms with E-state index in [9.17, 15) is 23.2 Å². The van der Waals surface area contributed by atoms with Crippen LogP contribution in [0, 0.1) is 29.6 Å². The number of benzene rings is 1. The molecule has 2 N–H and O–H groups in total. The number of hydrogen-bond acceptors (Lipinski definition) is 7. The van der Waals surface area contributed by atoms with Crippen LogP contribution in [0.25, 0.3) is 0 Å². The molecule has 1 aromatic rings. The Morgan fingerprint density at radius 1 is 1.02 bits per heavy atom. The number of rotatable bonds is 10. The van der Waals surface area contributed by atoms with Crippen LogP contribution in [0.2, 0.25) is 0 Å². The molecule has 6 fully saturated rings. The second-order valence-electron chi connectivity index (χ2n) is 13.1. The number of carbonyl (C=O) groups is 2. The predicted octanol–water partition coefficient (Wildman–Crippen LogP) is 3.26. The van der Waals surface area contributed by atoms with Crippen molar-refractivity contribution in [3.8, 4) is 5.75 Å². The number of sulfone groups is 1. The van der Waals surface area contributed by atoms with E-state index in [1.165, 1.54) is 44.2 Å². The lowest BCUT2D eigenvalue weighted by atomic mass is 9.51. The van der Waals surface area contributed by atoms with Crippen molar-refractivity contribution in [1.82, 2.24) is 15.3 Å². The minimum atomic E-state index is -4.04. The molecule has 1 heterocycles. The Bertz CT molecular complexity index is 1180. The van der Waals surface area contributed by atoms with Crippen LogP contribution in [-0.2, 0) is 19.4 Å². The molecule has 4 bridgehead atoms. The molecule has 9 nitrogen and oxygen atoms in total. The van der Waals surface area contributed by atoms with Crippen molar-refractivity contribution < 1.29 is 28.0 Å². The first-order valence-corrected chi connectivity index (χ1v) is 16.6. The highest BCUT2D eigenvalue weighted by atomic mass is 32.2. The highest BCUT2D eigenvalue weighted by Crippen LogP contribution is 2.56. The van der Waals surface area contributed by atoms with Gasteiger partial charge < -0.3 is 14.5 Å². The highest BCUT2D eigenvalue weighted by molar-refractivity contribution is 7.93. The van der Waals surface area contributed by atoms with E-state index in [-0.39, 0.29) is 23.7 Å². The first-order chi connectivity index (χ1) is 19.2. The maximum Gasteiger partial charge on any atom is 0.265 e. The van der Waals surface area contributed by atoms with Crippen LogP contribution in [0.4, 0.5) is 0 Å². The summed E-state index contributed by atoms with van der Waals surface area (Å²) in [5.41, 5.74) is 1.62. The largest absolute Gasteiger partial charge is 0.494 e. The van der Waals surface area contributed by atoms with Gasteiger partial charge in [0.2, 0.25) is 5.91 Å². The van der Waals surface area contributed by atoms with E-state index < -0.39 is 20.5 Å². The van der Waals surface area contributed by atoms with Crippen LogP contribution < -0.4 is 10.2 Å². The fourth-order valence-electron chi connectivity index (χ4n) is 8.54. The Morgan fingerprint density at radius 2 is 1.62 bits per heavy atom. The van der Waals surface area contributed by atoms with Crippen LogP contribution in [0.5, 0.6) is 5.75 Å². The molecule has 40 heavy (non-hydrogen) atoms. The van der Waals surface area contributed by atoms with E-state index in [0.717, 1.165) is 24.7 Å². The molecule has 10 heteroatoms. The summed E-state index contributed by atoms with van der Waals surface area (Å²) >= 11 is 0. The molecule has 220 valence electrons. The fourth-order valence-corrected chi connectivity index (χ4v) is 10.5. The zero-order chi connectivity index (χ0) is 28.1. The molecule has 1 aromatic carbocycles. The number of nitrogens with one attached hydrogen (secondary N) is 1. The molecule has 0 spiro atoms. The van der Waals surface area contributed by atoms with Crippen molar-refractivity contribution in [3.63, 3.8) is 0 Å². The van der Waals surface area contributed by atoms with Gasteiger partial charge in [-0.15, -0.1) is 0 Å². The summed E-state index contributed by atoms with van der Waals surface area (Å²) in [6.07, 6.45) is 9.52. The predicted molar refractivity (Wildman–Crippen MR) is 148 cm³/mol. The third-order valence-corrected chi connectivity index (χ3v) is 13.1. The van der Waals surface area contributed by atoms with E-state index in [1.54, 1.807) is 17.6 Å². The Balaban J connectivity index is 1.01. The molecule has 1 aliphatic heterocycles. The number of piperidine rings is 1. The number of ether oxygens (including phenoxy) is 1. The highest BCUT2D eigenvalue weighted by Gasteiger charge is 2.54.